The van der Waals surface area contributed by atoms with Crippen LogP contribution < -0.4 is 5.73 Å². The summed E-state index contributed by atoms with van der Waals surface area (Å²) in [6.45, 7) is 0. The molecule has 1 aliphatic rings. The zero-order valence-corrected chi connectivity index (χ0v) is 7.54. The van der Waals surface area contributed by atoms with Crippen LogP contribution in [0.1, 0.15) is 30.7 Å². The van der Waals surface area contributed by atoms with Crippen molar-refractivity contribution in [2.75, 3.05) is 5.73 Å². The highest BCUT2D eigenvalue weighted by atomic mass is 19.1. The Morgan fingerprint density at radius 3 is 2.62 bits per heavy atom. The van der Waals surface area contributed by atoms with Gasteiger partial charge in [-0.15, -0.1) is 0 Å². The van der Waals surface area contributed by atoms with Crippen LogP contribution in [0.5, 0.6) is 0 Å². The van der Waals surface area contributed by atoms with E-state index in [0.717, 1.165) is 24.1 Å². The van der Waals surface area contributed by atoms with Gasteiger partial charge in [0.05, 0.1) is 0 Å². The topological polar surface area (TPSA) is 26.0 Å². The van der Waals surface area contributed by atoms with Crippen molar-refractivity contribution >= 4 is 5.69 Å². The third-order valence-corrected chi connectivity index (χ3v) is 2.83. The van der Waals surface area contributed by atoms with Crippen molar-refractivity contribution in [3.63, 3.8) is 0 Å². The van der Waals surface area contributed by atoms with Crippen LogP contribution in [0.15, 0.2) is 24.3 Å². The van der Waals surface area contributed by atoms with Gasteiger partial charge in [0.2, 0.25) is 0 Å². The van der Waals surface area contributed by atoms with Crippen LogP contribution >= 0.6 is 0 Å². The predicted molar refractivity (Wildman–Crippen MR) is 52.3 cm³/mol. The zero-order chi connectivity index (χ0) is 9.26. The summed E-state index contributed by atoms with van der Waals surface area (Å²) in [5.41, 5.74) is 7.52. The molecule has 0 heterocycles. The number of benzene rings is 1. The van der Waals surface area contributed by atoms with Gasteiger partial charge in [-0.1, -0.05) is 18.2 Å². The van der Waals surface area contributed by atoms with Crippen molar-refractivity contribution < 1.29 is 4.39 Å². The second-order valence-electron chi connectivity index (χ2n) is 3.68. The molecule has 1 nitrogen and oxygen atoms in total. The first-order valence-electron chi connectivity index (χ1n) is 4.77. The van der Waals surface area contributed by atoms with Crippen molar-refractivity contribution in [1.29, 1.82) is 0 Å². The van der Waals surface area contributed by atoms with E-state index in [1.54, 1.807) is 0 Å². The minimum Gasteiger partial charge on any atom is -0.398 e. The molecule has 2 N–H and O–H groups in total. The fourth-order valence-corrected chi connectivity index (χ4v) is 2.11. The molecule has 1 saturated carbocycles. The lowest BCUT2D eigenvalue weighted by atomic mass is 9.95. The van der Waals surface area contributed by atoms with E-state index in [1.165, 1.54) is 0 Å². The molecule has 0 amide bonds. The molecule has 0 aliphatic heterocycles. The smallest absolute Gasteiger partial charge is 0.107 e. The number of halogens is 1. The monoisotopic (exact) mass is 179 g/mol. The molecule has 0 aromatic heterocycles. The summed E-state index contributed by atoms with van der Waals surface area (Å²) in [7, 11) is 0. The maximum absolute atomic E-state index is 13.4. The summed E-state index contributed by atoms with van der Waals surface area (Å²) in [6.07, 6.45) is 1.93. The summed E-state index contributed by atoms with van der Waals surface area (Å²) in [4.78, 5) is 0. The van der Waals surface area contributed by atoms with Crippen molar-refractivity contribution in [1.82, 2.24) is 0 Å². The number of nitrogens with two attached hydrogens (primary N) is 1. The largest absolute Gasteiger partial charge is 0.398 e. The van der Waals surface area contributed by atoms with E-state index in [-0.39, 0.29) is 5.92 Å². The Labute approximate surface area is 77.8 Å². The normalized spacial score (nSPS) is 27.8. The maximum atomic E-state index is 13.4. The lowest BCUT2D eigenvalue weighted by Crippen LogP contribution is -2.08. The van der Waals surface area contributed by atoms with Crippen LogP contribution in [-0.4, -0.2) is 6.17 Å². The highest BCUT2D eigenvalue weighted by Crippen LogP contribution is 2.38. The van der Waals surface area contributed by atoms with Crippen LogP contribution in [0.4, 0.5) is 10.1 Å². The SMILES string of the molecule is Nc1ccccc1C1CCCC1F. The van der Waals surface area contributed by atoms with Gasteiger partial charge in [-0.2, -0.15) is 0 Å². The first-order valence-corrected chi connectivity index (χ1v) is 4.77. The molecule has 0 saturated heterocycles. The van der Waals surface area contributed by atoms with E-state index in [2.05, 4.69) is 0 Å². The van der Waals surface area contributed by atoms with Crippen LogP contribution in [0.25, 0.3) is 0 Å². The minimum atomic E-state index is -0.690. The number of nitrogen functional groups attached to an aromatic ring is 1. The van der Waals surface area contributed by atoms with Crippen LogP contribution in [-0.2, 0) is 0 Å². The number of hydrogen-bond acceptors (Lipinski definition) is 1. The summed E-state index contributed by atoms with van der Waals surface area (Å²) in [6, 6.07) is 7.61. The fraction of sp³-hybridized carbons (Fsp3) is 0.455. The summed E-state index contributed by atoms with van der Waals surface area (Å²) in [5, 5.41) is 0. The molecule has 70 valence electrons. The molecule has 1 fully saturated rings. The lowest BCUT2D eigenvalue weighted by molar-refractivity contribution is 0.312. The molecule has 2 rings (SSSR count). The number of anilines is 1. The molecule has 1 aromatic carbocycles. The highest BCUT2D eigenvalue weighted by Gasteiger charge is 2.29. The van der Waals surface area contributed by atoms with E-state index in [1.807, 2.05) is 24.3 Å². The first kappa shape index (κ1) is 8.54. The van der Waals surface area contributed by atoms with E-state index >= 15 is 0 Å². The van der Waals surface area contributed by atoms with E-state index in [4.69, 9.17) is 5.73 Å². The van der Waals surface area contributed by atoms with Crippen LogP contribution in [0.2, 0.25) is 0 Å². The third kappa shape index (κ3) is 1.53. The first-order chi connectivity index (χ1) is 6.29. The highest BCUT2D eigenvalue weighted by molar-refractivity contribution is 5.49. The molecular formula is C11H14FN. The van der Waals surface area contributed by atoms with Gasteiger partial charge in [0.15, 0.2) is 0 Å². The van der Waals surface area contributed by atoms with Crippen molar-refractivity contribution in [3.05, 3.63) is 29.8 Å². The molecule has 2 unspecified atom stereocenters. The molecule has 13 heavy (non-hydrogen) atoms. The quantitative estimate of drug-likeness (QED) is 0.659. The Bertz CT molecular complexity index is 298. The Morgan fingerprint density at radius 2 is 2.00 bits per heavy atom. The molecular weight excluding hydrogens is 165 g/mol. The van der Waals surface area contributed by atoms with Gasteiger partial charge in [0.1, 0.15) is 6.17 Å². The average molecular weight is 179 g/mol. The van der Waals surface area contributed by atoms with Crippen molar-refractivity contribution in [2.45, 2.75) is 31.4 Å². The molecule has 0 radical (unpaired) electrons. The second-order valence-corrected chi connectivity index (χ2v) is 3.68. The molecule has 1 aliphatic carbocycles. The second kappa shape index (κ2) is 3.36. The minimum absolute atomic E-state index is 0.0428. The van der Waals surface area contributed by atoms with Gasteiger partial charge in [0, 0.05) is 11.6 Å². The number of para-hydroxylation sites is 1. The summed E-state index contributed by atoms with van der Waals surface area (Å²) >= 11 is 0. The Hall–Kier alpha value is -1.05. The third-order valence-electron chi connectivity index (χ3n) is 2.83. The van der Waals surface area contributed by atoms with Crippen molar-refractivity contribution in [3.8, 4) is 0 Å². The number of alkyl halides is 1. The summed E-state index contributed by atoms with van der Waals surface area (Å²) in [5.74, 6) is 0.0428. The van der Waals surface area contributed by atoms with Gasteiger partial charge in [0.25, 0.3) is 0 Å². The number of hydrogen-bond donors (Lipinski definition) is 1. The Balaban J connectivity index is 2.29. The molecule has 0 spiro atoms. The van der Waals surface area contributed by atoms with Gasteiger partial charge in [-0.3, -0.25) is 0 Å². The van der Waals surface area contributed by atoms with Gasteiger partial charge >= 0.3 is 0 Å². The molecule has 2 atom stereocenters. The zero-order valence-electron chi connectivity index (χ0n) is 7.54. The average Bonchev–Trinajstić information content (AvgIpc) is 2.52. The Kier molecular flexibility index (Phi) is 2.21. The van der Waals surface area contributed by atoms with Gasteiger partial charge < -0.3 is 5.73 Å². The van der Waals surface area contributed by atoms with Gasteiger partial charge in [-0.05, 0) is 30.9 Å². The summed E-state index contributed by atoms with van der Waals surface area (Å²) < 4.78 is 13.4. The Morgan fingerprint density at radius 1 is 1.23 bits per heavy atom. The van der Waals surface area contributed by atoms with Gasteiger partial charge in [-0.25, -0.2) is 4.39 Å². The van der Waals surface area contributed by atoms with Crippen LogP contribution in [0, 0.1) is 0 Å². The van der Waals surface area contributed by atoms with E-state index < -0.39 is 6.17 Å². The maximum Gasteiger partial charge on any atom is 0.107 e. The standard InChI is InChI=1S/C11H14FN/c12-10-6-3-5-8(10)9-4-1-2-7-11(9)13/h1-2,4,7-8,10H,3,5-6,13H2. The number of rotatable bonds is 1. The van der Waals surface area contributed by atoms with Crippen molar-refractivity contribution in [2.24, 2.45) is 0 Å². The molecule has 2 heteroatoms. The molecule has 1 aromatic rings. The fourth-order valence-electron chi connectivity index (χ4n) is 2.11. The lowest BCUT2D eigenvalue weighted by Gasteiger charge is -2.14. The predicted octanol–water partition coefficient (Wildman–Crippen LogP) is 2.87. The van der Waals surface area contributed by atoms with Crippen LogP contribution in [0.3, 0.4) is 0 Å². The van der Waals surface area contributed by atoms with E-state index in [9.17, 15) is 4.39 Å². The molecule has 0 bridgehead atoms. The van der Waals surface area contributed by atoms with E-state index in [0.29, 0.717) is 6.42 Å².